The number of nitrogens with one attached hydrogen (secondary N) is 1. The molecule has 19 heavy (non-hydrogen) atoms. The van der Waals surface area contributed by atoms with Crippen LogP contribution in [0.2, 0.25) is 0 Å². The molecule has 0 unspecified atom stereocenters. The topological polar surface area (TPSA) is 29.1 Å². The molecule has 0 fully saturated rings. The lowest BCUT2D eigenvalue weighted by Crippen LogP contribution is -2.23. The maximum Gasteiger partial charge on any atom is 0.261 e. The molecule has 0 saturated carbocycles. The number of thiophene rings is 1. The summed E-state index contributed by atoms with van der Waals surface area (Å²) in [4.78, 5) is 14.0. The first kappa shape index (κ1) is 13.8. The molecule has 100 valence electrons. The summed E-state index contributed by atoms with van der Waals surface area (Å²) in [5, 5.41) is 2.98. The predicted octanol–water partition coefficient (Wildman–Crippen LogP) is 3.73. The van der Waals surface area contributed by atoms with E-state index in [-0.39, 0.29) is 5.91 Å². The molecule has 2 nitrogen and oxygen atoms in total. The third kappa shape index (κ3) is 3.93. The number of aryl methyl sites for hydroxylation is 3. The smallest absolute Gasteiger partial charge is 0.261 e. The highest BCUT2D eigenvalue weighted by Crippen LogP contribution is 2.20. The maximum atomic E-state index is 11.9. The number of carbonyl (C=O) groups excluding carboxylic acids is 1. The Labute approximate surface area is 118 Å². The van der Waals surface area contributed by atoms with Gasteiger partial charge in [-0.15, -0.1) is 11.3 Å². The first-order valence-electron chi connectivity index (χ1n) is 6.56. The average Bonchev–Trinajstić information content (AvgIpc) is 2.76. The second-order valence-electron chi connectivity index (χ2n) is 4.69. The van der Waals surface area contributed by atoms with E-state index in [0.29, 0.717) is 0 Å². The van der Waals surface area contributed by atoms with E-state index in [0.717, 1.165) is 24.3 Å². The number of rotatable bonds is 5. The Hall–Kier alpha value is -1.61. The Bertz CT molecular complexity index is 526. The van der Waals surface area contributed by atoms with Gasteiger partial charge in [0.05, 0.1) is 4.88 Å². The fraction of sp³-hybridized carbons (Fsp3) is 0.312. The van der Waals surface area contributed by atoms with Crippen LogP contribution in [-0.4, -0.2) is 12.5 Å². The molecular weight excluding hydrogens is 254 g/mol. The molecule has 1 aromatic carbocycles. The summed E-state index contributed by atoms with van der Waals surface area (Å²) >= 11 is 1.56. The van der Waals surface area contributed by atoms with Gasteiger partial charge in [-0.2, -0.15) is 0 Å². The summed E-state index contributed by atoms with van der Waals surface area (Å²) < 4.78 is 0. The van der Waals surface area contributed by atoms with Crippen LogP contribution in [0.3, 0.4) is 0 Å². The van der Waals surface area contributed by atoms with Crippen LogP contribution in [-0.2, 0) is 6.42 Å². The summed E-state index contributed by atoms with van der Waals surface area (Å²) in [6, 6.07) is 12.3. The molecular formula is C16H19NOS. The quantitative estimate of drug-likeness (QED) is 0.826. The summed E-state index contributed by atoms with van der Waals surface area (Å²) in [7, 11) is 0. The van der Waals surface area contributed by atoms with E-state index >= 15 is 0 Å². The molecule has 0 aliphatic carbocycles. The largest absolute Gasteiger partial charge is 0.351 e. The van der Waals surface area contributed by atoms with Gasteiger partial charge in [0.1, 0.15) is 0 Å². The molecule has 1 amide bonds. The average molecular weight is 273 g/mol. The van der Waals surface area contributed by atoms with Crippen molar-refractivity contribution in [2.24, 2.45) is 0 Å². The van der Waals surface area contributed by atoms with Crippen molar-refractivity contribution < 1.29 is 4.79 Å². The number of hydrogen-bond acceptors (Lipinski definition) is 2. The van der Waals surface area contributed by atoms with Gasteiger partial charge >= 0.3 is 0 Å². The van der Waals surface area contributed by atoms with Crippen LogP contribution >= 0.6 is 11.3 Å². The van der Waals surface area contributed by atoms with Crippen molar-refractivity contribution in [3.63, 3.8) is 0 Å². The highest BCUT2D eigenvalue weighted by Gasteiger charge is 2.09. The fourth-order valence-electron chi connectivity index (χ4n) is 1.91. The summed E-state index contributed by atoms with van der Waals surface area (Å²) in [5.41, 5.74) is 2.51. The lowest BCUT2D eigenvalue weighted by molar-refractivity contribution is 0.0957. The predicted molar refractivity (Wildman–Crippen MR) is 80.9 cm³/mol. The number of benzene rings is 1. The summed E-state index contributed by atoms with van der Waals surface area (Å²) in [6.45, 7) is 4.81. The van der Waals surface area contributed by atoms with Crippen molar-refractivity contribution in [1.82, 2.24) is 5.32 Å². The van der Waals surface area contributed by atoms with Crippen molar-refractivity contribution in [2.45, 2.75) is 26.7 Å². The molecule has 1 aromatic heterocycles. The van der Waals surface area contributed by atoms with E-state index in [9.17, 15) is 4.79 Å². The molecule has 0 aliphatic heterocycles. The Kier molecular flexibility index (Phi) is 4.74. The second kappa shape index (κ2) is 6.53. The zero-order valence-electron chi connectivity index (χ0n) is 11.4. The molecule has 0 atom stereocenters. The van der Waals surface area contributed by atoms with Crippen LogP contribution in [0.4, 0.5) is 0 Å². The monoisotopic (exact) mass is 273 g/mol. The van der Waals surface area contributed by atoms with Crippen molar-refractivity contribution in [3.05, 3.63) is 57.3 Å². The SMILES string of the molecule is Cc1cc(C(=O)NCCCc2ccccc2)sc1C. The van der Waals surface area contributed by atoms with Gasteiger partial charge in [0.25, 0.3) is 5.91 Å². The van der Waals surface area contributed by atoms with Crippen molar-refractivity contribution in [2.75, 3.05) is 6.54 Å². The Morgan fingerprint density at radius 2 is 1.95 bits per heavy atom. The van der Waals surface area contributed by atoms with E-state index in [4.69, 9.17) is 0 Å². The van der Waals surface area contributed by atoms with Gasteiger partial charge in [0, 0.05) is 11.4 Å². The van der Waals surface area contributed by atoms with Crippen molar-refractivity contribution in [1.29, 1.82) is 0 Å². The molecule has 0 spiro atoms. The van der Waals surface area contributed by atoms with Crippen LogP contribution in [0.1, 0.15) is 32.1 Å². The van der Waals surface area contributed by atoms with E-state index in [1.807, 2.05) is 38.1 Å². The minimum atomic E-state index is 0.0502. The zero-order chi connectivity index (χ0) is 13.7. The van der Waals surface area contributed by atoms with Gasteiger partial charge < -0.3 is 5.32 Å². The van der Waals surface area contributed by atoms with E-state index in [1.54, 1.807) is 11.3 Å². The van der Waals surface area contributed by atoms with Crippen molar-refractivity contribution >= 4 is 17.2 Å². The number of carbonyl (C=O) groups is 1. The highest BCUT2D eigenvalue weighted by molar-refractivity contribution is 7.14. The van der Waals surface area contributed by atoms with Crippen LogP contribution < -0.4 is 5.32 Å². The fourth-order valence-corrected chi connectivity index (χ4v) is 2.86. The normalized spacial score (nSPS) is 10.4. The minimum absolute atomic E-state index is 0.0502. The molecule has 2 aromatic rings. The molecule has 1 N–H and O–H groups in total. The molecule has 0 saturated heterocycles. The van der Waals surface area contributed by atoms with Crippen LogP contribution in [0.15, 0.2) is 36.4 Å². The minimum Gasteiger partial charge on any atom is -0.351 e. The molecule has 0 aliphatic rings. The molecule has 0 bridgehead atoms. The highest BCUT2D eigenvalue weighted by atomic mass is 32.1. The first-order chi connectivity index (χ1) is 9.16. The zero-order valence-corrected chi connectivity index (χ0v) is 12.2. The van der Waals surface area contributed by atoms with Crippen LogP contribution in [0, 0.1) is 13.8 Å². The summed E-state index contributed by atoms with van der Waals surface area (Å²) in [6.07, 6.45) is 1.97. The van der Waals surface area contributed by atoms with Gasteiger partial charge in [-0.25, -0.2) is 0 Å². The third-order valence-corrected chi connectivity index (χ3v) is 4.31. The summed E-state index contributed by atoms with van der Waals surface area (Å²) in [5.74, 6) is 0.0502. The Balaban J connectivity index is 1.75. The Morgan fingerprint density at radius 3 is 2.58 bits per heavy atom. The van der Waals surface area contributed by atoms with Crippen LogP contribution in [0.25, 0.3) is 0 Å². The van der Waals surface area contributed by atoms with E-state index in [2.05, 4.69) is 17.4 Å². The van der Waals surface area contributed by atoms with E-state index in [1.165, 1.54) is 16.0 Å². The van der Waals surface area contributed by atoms with Crippen LogP contribution in [0.5, 0.6) is 0 Å². The number of hydrogen-bond donors (Lipinski definition) is 1. The van der Waals surface area contributed by atoms with Gasteiger partial charge in [-0.1, -0.05) is 30.3 Å². The van der Waals surface area contributed by atoms with Gasteiger partial charge in [0.2, 0.25) is 0 Å². The lowest BCUT2D eigenvalue weighted by Gasteiger charge is -2.03. The lowest BCUT2D eigenvalue weighted by atomic mass is 10.1. The Morgan fingerprint density at radius 1 is 1.21 bits per heavy atom. The third-order valence-electron chi connectivity index (χ3n) is 3.16. The van der Waals surface area contributed by atoms with E-state index < -0.39 is 0 Å². The molecule has 3 heteroatoms. The van der Waals surface area contributed by atoms with Gasteiger partial charge in [-0.3, -0.25) is 4.79 Å². The maximum absolute atomic E-state index is 11.9. The van der Waals surface area contributed by atoms with Gasteiger partial charge in [0.15, 0.2) is 0 Å². The second-order valence-corrected chi connectivity index (χ2v) is 5.95. The first-order valence-corrected chi connectivity index (χ1v) is 7.37. The molecule has 0 radical (unpaired) electrons. The molecule has 1 heterocycles. The number of amides is 1. The van der Waals surface area contributed by atoms with Gasteiger partial charge in [-0.05, 0) is 43.9 Å². The molecule has 2 rings (SSSR count). The standard InChI is InChI=1S/C16H19NOS/c1-12-11-15(19-13(12)2)16(18)17-10-6-9-14-7-4-3-5-8-14/h3-5,7-8,11H,6,9-10H2,1-2H3,(H,17,18). The van der Waals surface area contributed by atoms with Crippen molar-refractivity contribution in [3.8, 4) is 0 Å².